The maximum absolute atomic E-state index is 13.3. The van der Waals surface area contributed by atoms with Gasteiger partial charge >= 0.3 is 0 Å². The van der Waals surface area contributed by atoms with Crippen molar-refractivity contribution >= 4 is 0 Å². The second-order valence-electron chi connectivity index (χ2n) is 2.59. The van der Waals surface area contributed by atoms with E-state index in [4.69, 9.17) is 10.5 Å². The van der Waals surface area contributed by atoms with E-state index in [1.54, 1.807) is 0 Å². The monoisotopic (exact) mass is 202 g/mol. The Kier molecular flexibility index (Phi) is 2.09. The van der Waals surface area contributed by atoms with Crippen LogP contribution >= 0.6 is 0 Å². The van der Waals surface area contributed by atoms with Crippen LogP contribution in [0.5, 0.6) is 0 Å². The molecule has 0 heterocycles. The van der Waals surface area contributed by atoms with Crippen LogP contribution in [0.3, 0.4) is 0 Å². The van der Waals surface area contributed by atoms with Crippen molar-refractivity contribution in [2.24, 2.45) is 0 Å². The molecule has 2 unspecified atom stereocenters. The van der Waals surface area contributed by atoms with Gasteiger partial charge in [-0.2, -0.15) is 10.5 Å². The van der Waals surface area contributed by atoms with Crippen molar-refractivity contribution in [2.45, 2.75) is 11.3 Å². The van der Waals surface area contributed by atoms with Crippen LogP contribution in [0.4, 0.5) is 17.6 Å². The number of hydrogen-bond acceptors (Lipinski definition) is 2. The first-order chi connectivity index (χ1) is 6.41. The molecule has 0 aromatic rings. The summed E-state index contributed by atoms with van der Waals surface area (Å²) >= 11 is 0. The lowest BCUT2D eigenvalue weighted by atomic mass is 9.83. The molecule has 0 aromatic heterocycles. The highest BCUT2D eigenvalue weighted by Gasteiger charge is 2.60. The Hall–Kier alpha value is -1.82. The van der Waals surface area contributed by atoms with Gasteiger partial charge in [-0.05, 0) is 12.2 Å². The molecule has 0 N–H and O–H groups in total. The highest BCUT2D eigenvalue weighted by molar-refractivity contribution is 5.47. The molecule has 1 aliphatic rings. The first-order valence-electron chi connectivity index (χ1n) is 3.36. The molecular formula is C8H2F4N2. The van der Waals surface area contributed by atoms with E-state index in [1.165, 1.54) is 0 Å². The zero-order valence-corrected chi connectivity index (χ0v) is 6.56. The molecule has 2 nitrogen and oxygen atoms in total. The standard InChI is InChI=1S/C8H2F4N2/c9-5-1-2-7(11,3-13)8(12,4-14)6(5)10/h1-2H. The highest BCUT2D eigenvalue weighted by Crippen LogP contribution is 2.43. The van der Waals surface area contributed by atoms with Gasteiger partial charge < -0.3 is 0 Å². The lowest BCUT2D eigenvalue weighted by molar-refractivity contribution is 0.0860. The van der Waals surface area contributed by atoms with Crippen LogP contribution in [-0.2, 0) is 0 Å². The number of allylic oxidation sites excluding steroid dienone is 4. The molecule has 0 saturated carbocycles. The number of hydrogen-bond donors (Lipinski definition) is 0. The maximum atomic E-state index is 13.3. The molecule has 0 saturated heterocycles. The Bertz CT molecular complexity index is 414. The predicted octanol–water partition coefficient (Wildman–Crippen LogP) is 2.17. The third kappa shape index (κ3) is 1.01. The molecule has 0 amide bonds. The normalized spacial score (nSPS) is 36.4. The van der Waals surface area contributed by atoms with Crippen LogP contribution in [0.2, 0.25) is 0 Å². The Morgan fingerprint density at radius 3 is 2.14 bits per heavy atom. The predicted molar refractivity (Wildman–Crippen MR) is 37.3 cm³/mol. The molecule has 0 spiro atoms. The summed E-state index contributed by atoms with van der Waals surface area (Å²) < 4.78 is 51.9. The average molecular weight is 202 g/mol. The summed E-state index contributed by atoms with van der Waals surface area (Å²) in [6.45, 7) is 0. The molecule has 1 rings (SSSR count). The fourth-order valence-corrected chi connectivity index (χ4v) is 0.945. The third-order valence-electron chi connectivity index (χ3n) is 1.79. The first-order valence-corrected chi connectivity index (χ1v) is 3.36. The minimum absolute atomic E-state index is 0.175. The smallest absolute Gasteiger partial charge is 0.217 e. The first kappa shape index (κ1) is 10.3. The number of nitrogens with zero attached hydrogens (tertiary/aromatic N) is 2. The molecule has 0 aliphatic heterocycles. The molecule has 1 aliphatic carbocycles. The minimum Gasteiger partial charge on any atom is -0.217 e. The second kappa shape index (κ2) is 2.85. The molecule has 14 heavy (non-hydrogen) atoms. The minimum atomic E-state index is -3.92. The van der Waals surface area contributed by atoms with Crippen molar-refractivity contribution in [2.75, 3.05) is 0 Å². The Morgan fingerprint density at radius 2 is 1.71 bits per heavy atom. The summed E-state index contributed by atoms with van der Waals surface area (Å²) in [6.07, 6.45) is 0.447. The number of nitriles is 2. The van der Waals surface area contributed by atoms with Gasteiger partial charge in [0.25, 0.3) is 11.3 Å². The van der Waals surface area contributed by atoms with Gasteiger partial charge in [-0.1, -0.05) is 0 Å². The van der Waals surface area contributed by atoms with E-state index in [0.717, 1.165) is 6.07 Å². The van der Waals surface area contributed by atoms with Gasteiger partial charge in [-0.15, -0.1) is 0 Å². The lowest BCUT2D eigenvalue weighted by Gasteiger charge is -2.27. The number of alkyl halides is 2. The van der Waals surface area contributed by atoms with E-state index >= 15 is 0 Å². The van der Waals surface area contributed by atoms with E-state index in [0.29, 0.717) is 6.07 Å². The van der Waals surface area contributed by atoms with Gasteiger partial charge in [0.1, 0.15) is 12.1 Å². The summed E-state index contributed by atoms with van der Waals surface area (Å²) in [5, 5.41) is 16.5. The summed E-state index contributed by atoms with van der Waals surface area (Å²) in [5.41, 5.74) is -7.41. The quantitative estimate of drug-likeness (QED) is 0.565. The molecule has 0 fully saturated rings. The van der Waals surface area contributed by atoms with Gasteiger partial charge in [-0.25, -0.2) is 17.6 Å². The fourth-order valence-electron chi connectivity index (χ4n) is 0.945. The van der Waals surface area contributed by atoms with Gasteiger partial charge in [0.05, 0.1) is 0 Å². The van der Waals surface area contributed by atoms with Crippen molar-refractivity contribution in [1.29, 1.82) is 10.5 Å². The molecule has 6 heteroatoms. The summed E-state index contributed by atoms with van der Waals surface area (Å²) in [6, 6.07) is 1.39. The molecule has 0 radical (unpaired) electrons. The van der Waals surface area contributed by atoms with Gasteiger partial charge in [0.15, 0.2) is 11.7 Å². The van der Waals surface area contributed by atoms with Gasteiger partial charge in [0, 0.05) is 0 Å². The summed E-state index contributed by atoms with van der Waals surface area (Å²) in [4.78, 5) is 0. The Morgan fingerprint density at radius 1 is 1.14 bits per heavy atom. The zero-order chi connectivity index (χ0) is 11.0. The lowest BCUT2D eigenvalue weighted by Crippen LogP contribution is -2.46. The number of rotatable bonds is 0. The van der Waals surface area contributed by atoms with Gasteiger partial charge in [0.2, 0.25) is 0 Å². The van der Waals surface area contributed by atoms with Gasteiger partial charge in [-0.3, -0.25) is 0 Å². The van der Waals surface area contributed by atoms with Crippen LogP contribution in [0.25, 0.3) is 0 Å². The van der Waals surface area contributed by atoms with Crippen LogP contribution in [0.1, 0.15) is 0 Å². The highest BCUT2D eigenvalue weighted by atomic mass is 19.2. The fraction of sp³-hybridized carbons (Fsp3) is 0.250. The summed E-state index contributed by atoms with van der Waals surface area (Å²) in [7, 11) is 0. The Labute approximate surface area is 76.4 Å². The van der Waals surface area contributed by atoms with Crippen LogP contribution in [-0.4, -0.2) is 11.3 Å². The van der Waals surface area contributed by atoms with Crippen LogP contribution in [0, 0.1) is 22.7 Å². The van der Waals surface area contributed by atoms with Crippen molar-refractivity contribution in [1.82, 2.24) is 0 Å². The van der Waals surface area contributed by atoms with E-state index in [9.17, 15) is 17.6 Å². The molecule has 0 aromatic carbocycles. The van der Waals surface area contributed by atoms with Crippen molar-refractivity contribution < 1.29 is 17.6 Å². The SMILES string of the molecule is N#CC1(F)C=CC(F)=C(F)C1(F)C#N. The Balaban J connectivity index is 3.44. The van der Waals surface area contributed by atoms with Crippen LogP contribution in [0.15, 0.2) is 23.8 Å². The average Bonchev–Trinajstić information content (AvgIpc) is 2.21. The maximum Gasteiger partial charge on any atom is 0.300 e. The van der Waals surface area contributed by atoms with E-state index < -0.39 is 23.0 Å². The molecule has 2 atom stereocenters. The number of halogens is 4. The van der Waals surface area contributed by atoms with Crippen molar-refractivity contribution in [3.63, 3.8) is 0 Å². The molecular weight excluding hydrogens is 200 g/mol. The van der Waals surface area contributed by atoms with E-state index in [1.807, 2.05) is 0 Å². The molecule has 72 valence electrons. The van der Waals surface area contributed by atoms with E-state index in [2.05, 4.69) is 0 Å². The molecule has 0 bridgehead atoms. The van der Waals surface area contributed by atoms with Crippen molar-refractivity contribution in [3.8, 4) is 12.1 Å². The summed E-state index contributed by atoms with van der Waals surface area (Å²) in [5.74, 6) is -3.91. The van der Waals surface area contributed by atoms with Crippen LogP contribution < -0.4 is 0 Å². The topological polar surface area (TPSA) is 47.6 Å². The van der Waals surface area contributed by atoms with E-state index in [-0.39, 0.29) is 12.2 Å². The third-order valence-corrected chi connectivity index (χ3v) is 1.79. The second-order valence-corrected chi connectivity index (χ2v) is 2.59. The zero-order valence-electron chi connectivity index (χ0n) is 6.56. The largest absolute Gasteiger partial charge is 0.300 e. The van der Waals surface area contributed by atoms with Crippen molar-refractivity contribution in [3.05, 3.63) is 23.8 Å².